The van der Waals surface area contributed by atoms with E-state index in [1.165, 1.54) is 6.92 Å². The monoisotopic (exact) mass is 243 g/mol. The molecular weight excluding hydrogens is 237 g/mol. The van der Waals surface area contributed by atoms with Gasteiger partial charge in [0.05, 0.1) is 22.9 Å². The molecule has 0 spiro atoms. The lowest BCUT2D eigenvalue weighted by molar-refractivity contribution is -0.139. The van der Waals surface area contributed by atoms with Gasteiger partial charge < -0.3 is 5.11 Å². The van der Waals surface area contributed by atoms with Crippen LogP contribution in [0, 0.1) is 0 Å². The molecule has 0 aliphatic carbocycles. The molecule has 4 nitrogen and oxygen atoms in total. The largest absolute Gasteiger partial charge is 0.480 e. The van der Waals surface area contributed by atoms with Crippen molar-refractivity contribution in [3.05, 3.63) is 0 Å². The molecule has 0 unspecified atom stereocenters. The van der Waals surface area contributed by atoms with Crippen LogP contribution in [0.4, 0.5) is 0 Å². The minimum absolute atomic E-state index is 0.240. The molecule has 5 heteroatoms. The normalized spacial score (nSPS) is 8.67. The molecule has 1 N–H and O–H groups in total. The summed E-state index contributed by atoms with van der Waals surface area (Å²) in [4.78, 5) is 20.2. The van der Waals surface area contributed by atoms with E-state index in [4.69, 9.17) is 5.11 Å². The summed E-state index contributed by atoms with van der Waals surface area (Å²) in [6.45, 7) is 1.07. The molecule has 52 valence electrons. The Balaban J connectivity index is 3.63. The van der Waals surface area contributed by atoms with Gasteiger partial charge in [0, 0.05) is 6.92 Å². The van der Waals surface area contributed by atoms with Crippen LogP contribution in [-0.2, 0) is 9.59 Å². The summed E-state index contributed by atoms with van der Waals surface area (Å²) in [6, 6.07) is 0. The van der Waals surface area contributed by atoms with E-state index in [0.29, 0.717) is 0 Å². The van der Waals surface area contributed by atoms with Gasteiger partial charge in [0.1, 0.15) is 6.54 Å². The summed E-state index contributed by atoms with van der Waals surface area (Å²) in [5.41, 5.74) is 0. The van der Waals surface area contributed by atoms with Gasteiger partial charge in [0.2, 0.25) is 5.91 Å². The number of halogens is 1. The van der Waals surface area contributed by atoms with Crippen LogP contribution < -0.4 is 0 Å². The SMILES string of the molecule is CC(=O)N(I)CC(=O)O. The lowest BCUT2D eigenvalue weighted by Gasteiger charge is -2.06. The predicted molar refractivity (Wildman–Crippen MR) is 39.0 cm³/mol. The molecule has 0 heterocycles. The number of rotatable bonds is 2. The van der Waals surface area contributed by atoms with Crippen LogP contribution in [0.3, 0.4) is 0 Å². The maximum absolute atomic E-state index is 10.3. The summed E-state index contributed by atoms with van der Waals surface area (Å²) in [6.07, 6.45) is 0. The van der Waals surface area contributed by atoms with Gasteiger partial charge in [0.15, 0.2) is 0 Å². The van der Waals surface area contributed by atoms with Crippen LogP contribution >= 0.6 is 22.9 Å². The maximum Gasteiger partial charge on any atom is 0.324 e. The average Bonchev–Trinajstić information content (AvgIpc) is 1.63. The van der Waals surface area contributed by atoms with Gasteiger partial charge in [-0.15, -0.1) is 0 Å². The van der Waals surface area contributed by atoms with Crippen molar-refractivity contribution in [3.8, 4) is 0 Å². The molecule has 0 aromatic rings. The molecule has 0 saturated heterocycles. The van der Waals surface area contributed by atoms with Gasteiger partial charge in [-0.25, -0.2) is 0 Å². The highest BCUT2D eigenvalue weighted by molar-refractivity contribution is 14.1. The fraction of sp³-hybridized carbons (Fsp3) is 0.500. The Morgan fingerprint density at radius 2 is 2.11 bits per heavy atom. The second kappa shape index (κ2) is 3.65. The fourth-order valence-corrected chi connectivity index (χ4v) is 0.522. The topological polar surface area (TPSA) is 57.6 Å². The lowest BCUT2D eigenvalue weighted by atomic mass is 10.6. The minimum Gasteiger partial charge on any atom is -0.480 e. The zero-order valence-electron chi connectivity index (χ0n) is 4.80. The Kier molecular flexibility index (Phi) is 3.52. The van der Waals surface area contributed by atoms with Gasteiger partial charge in [-0.2, -0.15) is 0 Å². The first-order chi connectivity index (χ1) is 4.04. The highest BCUT2D eigenvalue weighted by atomic mass is 127. The van der Waals surface area contributed by atoms with E-state index in [-0.39, 0.29) is 12.5 Å². The number of hydrogen-bond donors (Lipinski definition) is 1. The number of carbonyl (C=O) groups excluding carboxylic acids is 1. The van der Waals surface area contributed by atoms with Crippen LogP contribution in [0.25, 0.3) is 0 Å². The van der Waals surface area contributed by atoms with Crippen molar-refractivity contribution in [2.45, 2.75) is 6.92 Å². The van der Waals surface area contributed by atoms with Crippen LogP contribution in [0.5, 0.6) is 0 Å². The quantitative estimate of drug-likeness (QED) is 0.559. The molecule has 0 radical (unpaired) electrons. The van der Waals surface area contributed by atoms with Crippen LogP contribution in [0.1, 0.15) is 6.92 Å². The molecule has 0 saturated carbocycles. The van der Waals surface area contributed by atoms with Crippen molar-refractivity contribution in [1.29, 1.82) is 0 Å². The maximum atomic E-state index is 10.3. The molecule has 0 aliphatic heterocycles. The molecule has 1 amide bonds. The van der Waals surface area contributed by atoms with Gasteiger partial charge >= 0.3 is 5.97 Å². The number of carbonyl (C=O) groups is 2. The van der Waals surface area contributed by atoms with E-state index in [9.17, 15) is 9.59 Å². The third-order valence-corrected chi connectivity index (χ3v) is 1.64. The number of amides is 1. The molecule has 0 aromatic heterocycles. The molecule has 0 fully saturated rings. The van der Waals surface area contributed by atoms with Gasteiger partial charge in [0.25, 0.3) is 0 Å². The number of carboxylic acids is 1. The third kappa shape index (κ3) is 4.19. The van der Waals surface area contributed by atoms with Crippen molar-refractivity contribution in [3.63, 3.8) is 0 Å². The van der Waals surface area contributed by atoms with E-state index in [2.05, 4.69) is 0 Å². The van der Waals surface area contributed by atoms with Gasteiger partial charge in [-0.05, 0) is 0 Å². The van der Waals surface area contributed by atoms with E-state index in [1.807, 2.05) is 0 Å². The zero-order valence-corrected chi connectivity index (χ0v) is 6.95. The van der Waals surface area contributed by atoms with Crippen LogP contribution in [0.2, 0.25) is 0 Å². The van der Waals surface area contributed by atoms with Gasteiger partial charge in [-0.3, -0.25) is 12.7 Å². The highest BCUT2D eigenvalue weighted by Crippen LogP contribution is 1.96. The first-order valence-corrected chi connectivity index (χ1v) is 3.16. The number of hydrogen-bond acceptors (Lipinski definition) is 2. The number of nitrogens with zero attached hydrogens (tertiary/aromatic N) is 1. The van der Waals surface area contributed by atoms with E-state index >= 15 is 0 Å². The first kappa shape index (κ1) is 8.67. The Hall–Kier alpha value is -0.330. The summed E-state index contributed by atoms with van der Waals surface area (Å²) < 4.78 is 1.10. The molecule has 0 atom stereocenters. The van der Waals surface area contributed by atoms with E-state index in [1.54, 1.807) is 22.9 Å². The summed E-state index contributed by atoms with van der Waals surface area (Å²) in [7, 11) is 0. The predicted octanol–water partition coefficient (Wildman–Crippen LogP) is 0.270. The molecule has 0 aliphatic rings. The summed E-state index contributed by atoms with van der Waals surface area (Å²) >= 11 is 1.65. The second-order valence-electron chi connectivity index (χ2n) is 1.43. The molecule has 0 bridgehead atoms. The molecule has 9 heavy (non-hydrogen) atoms. The third-order valence-electron chi connectivity index (χ3n) is 0.616. The Bertz CT molecular complexity index is 136. The van der Waals surface area contributed by atoms with Crippen molar-refractivity contribution < 1.29 is 14.7 Å². The molecule has 0 rings (SSSR count). The summed E-state index contributed by atoms with van der Waals surface area (Å²) in [5, 5.41) is 8.13. The number of aliphatic carboxylic acids is 1. The van der Waals surface area contributed by atoms with Gasteiger partial charge in [-0.1, -0.05) is 0 Å². The van der Waals surface area contributed by atoms with Crippen LogP contribution in [0.15, 0.2) is 0 Å². The molecule has 0 aromatic carbocycles. The first-order valence-electron chi connectivity index (χ1n) is 2.19. The van der Waals surface area contributed by atoms with Crippen molar-refractivity contribution >= 4 is 34.7 Å². The van der Waals surface area contributed by atoms with Crippen molar-refractivity contribution in [2.24, 2.45) is 0 Å². The fourth-order valence-electron chi connectivity index (χ4n) is 0.230. The van der Waals surface area contributed by atoms with Crippen LogP contribution in [-0.4, -0.2) is 26.6 Å². The smallest absolute Gasteiger partial charge is 0.324 e. The summed E-state index contributed by atoms with van der Waals surface area (Å²) in [5.74, 6) is -1.25. The average molecular weight is 243 g/mol. The Labute approximate surface area is 66.3 Å². The lowest BCUT2D eigenvalue weighted by Crippen LogP contribution is -2.24. The Morgan fingerprint density at radius 3 is 2.22 bits per heavy atom. The highest BCUT2D eigenvalue weighted by Gasteiger charge is 2.07. The van der Waals surface area contributed by atoms with E-state index in [0.717, 1.165) is 3.11 Å². The number of carboxylic acid groups (broad SMARTS) is 1. The second-order valence-corrected chi connectivity index (χ2v) is 2.60. The minimum atomic E-state index is -1.00. The Morgan fingerprint density at radius 1 is 1.67 bits per heavy atom. The zero-order chi connectivity index (χ0) is 7.44. The van der Waals surface area contributed by atoms with E-state index < -0.39 is 5.97 Å². The molecular formula is C4H6INO3. The van der Waals surface area contributed by atoms with Crippen molar-refractivity contribution in [2.75, 3.05) is 6.54 Å². The standard InChI is InChI=1S/C4H6INO3/c1-3(7)6(5)2-4(8)9/h2H2,1H3,(H,8,9). The van der Waals surface area contributed by atoms with Crippen molar-refractivity contribution in [1.82, 2.24) is 3.11 Å².